The maximum Gasteiger partial charge on any atom is 0.251 e. The maximum atomic E-state index is 11.2. The number of nitrogens with zero attached hydrogens (tertiary/aromatic N) is 3. The molecule has 2 heterocycles. The van der Waals surface area contributed by atoms with E-state index in [1.54, 1.807) is 0 Å². The average molecular weight is 277 g/mol. The smallest absolute Gasteiger partial charge is 0.251 e. The molecule has 0 spiro atoms. The number of hydrogen-bond acceptors (Lipinski definition) is 6. The van der Waals surface area contributed by atoms with Crippen molar-refractivity contribution >= 4 is 17.7 Å². The first kappa shape index (κ1) is 13.5. The first-order valence-electron chi connectivity index (χ1n) is 6.00. The van der Waals surface area contributed by atoms with Crippen LogP contribution in [0.25, 0.3) is 0 Å². The van der Waals surface area contributed by atoms with Gasteiger partial charge >= 0.3 is 0 Å². The molecule has 19 heavy (non-hydrogen) atoms. The molecular weight excluding hydrogens is 262 g/mol. The zero-order chi connectivity index (χ0) is 13.7. The highest BCUT2D eigenvalue weighted by molar-refractivity contribution is 7.99. The second-order valence-electron chi connectivity index (χ2n) is 3.94. The van der Waals surface area contributed by atoms with Crippen LogP contribution >= 0.6 is 11.8 Å². The van der Waals surface area contributed by atoms with Crippen LogP contribution in [0.2, 0.25) is 0 Å². The second-order valence-corrected chi connectivity index (χ2v) is 4.95. The molecule has 0 radical (unpaired) electrons. The molecule has 0 atom stereocenters. The fourth-order valence-corrected chi connectivity index (χ4v) is 2.24. The number of hydrogen-bond donors (Lipinski definition) is 2. The van der Waals surface area contributed by atoms with Gasteiger partial charge in [-0.25, -0.2) is 15.0 Å². The van der Waals surface area contributed by atoms with E-state index in [9.17, 15) is 4.79 Å². The van der Waals surface area contributed by atoms with E-state index in [4.69, 9.17) is 0 Å². The van der Waals surface area contributed by atoms with Crippen molar-refractivity contribution in [3.63, 3.8) is 0 Å². The summed E-state index contributed by atoms with van der Waals surface area (Å²) in [5, 5.41) is 4.42. The van der Waals surface area contributed by atoms with Crippen molar-refractivity contribution in [2.75, 3.05) is 11.9 Å². The number of anilines is 1. The normalized spacial score (nSPS) is 10.4. The molecule has 2 rings (SSSR count). The average Bonchev–Trinajstić information content (AvgIpc) is 2.35. The van der Waals surface area contributed by atoms with E-state index in [1.165, 1.54) is 24.0 Å². The Bertz CT molecular complexity index is 613. The lowest BCUT2D eigenvalue weighted by Crippen LogP contribution is -2.07. The van der Waals surface area contributed by atoms with E-state index in [0.29, 0.717) is 11.1 Å². The predicted octanol–water partition coefficient (Wildman–Crippen LogP) is 1.84. The van der Waals surface area contributed by atoms with Crippen LogP contribution in [-0.2, 0) is 0 Å². The lowest BCUT2D eigenvalue weighted by Gasteiger charge is -2.06. The molecule has 0 unspecified atom stereocenters. The van der Waals surface area contributed by atoms with Crippen molar-refractivity contribution in [3.05, 3.63) is 34.4 Å². The Kier molecular flexibility index (Phi) is 4.51. The molecule has 0 aromatic carbocycles. The molecule has 0 saturated heterocycles. The fourth-order valence-electron chi connectivity index (χ4n) is 1.41. The number of aryl methyl sites for hydroxylation is 1. The Morgan fingerprint density at radius 2 is 2.26 bits per heavy atom. The Morgan fingerprint density at radius 3 is 3.00 bits per heavy atom. The highest BCUT2D eigenvalue weighted by Gasteiger charge is 2.05. The van der Waals surface area contributed by atoms with Gasteiger partial charge in [-0.05, 0) is 31.2 Å². The van der Waals surface area contributed by atoms with Crippen LogP contribution in [0.3, 0.4) is 0 Å². The largest absolute Gasteiger partial charge is 0.354 e. The van der Waals surface area contributed by atoms with Crippen LogP contribution in [0.15, 0.2) is 33.3 Å². The second kappa shape index (κ2) is 6.33. The Labute approximate surface area is 115 Å². The molecule has 0 aliphatic carbocycles. The zero-order valence-corrected chi connectivity index (χ0v) is 11.6. The monoisotopic (exact) mass is 277 g/mol. The third-order valence-corrected chi connectivity index (χ3v) is 3.03. The molecule has 0 fully saturated rings. The first-order chi connectivity index (χ1) is 9.17. The van der Waals surface area contributed by atoms with Crippen LogP contribution in [0, 0.1) is 6.92 Å². The van der Waals surface area contributed by atoms with E-state index in [1.807, 2.05) is 13.0 Å². The van der Waals surface area contributed by atoms with Gasteiger partial charge in [0, 0.05) is 24.5 Å². The van der Waals surface area contributed by atoms with Crippen LogP contribution in [-0.4, -0.2) is 26.5 Å². The summed E-state index contributed by atoms with van der Waals surface area (Å²) in [6.45, 7) is 4.81. The molecule has 6 nitrogen and oxygen atoms in total. The number of nitrogens with one attached hydrogen (secondary N) is 2. The van der Waals surface area contributed by atoms with Gasteiger partial charge < -0.3 is 10.3 Å². The number of aromatic amines is 1. The molecule has 0 amide bonds. The highest BCUT2D eigenvalue weighted by Crippen LogP contribution is 2.22. The van der Waals surface area contributed by atoms with Crippen LogP contribution < -0.4 is 10.9 Å². The fraction of sp³-hybridized carbons (Fsp3) is 0.333. The predicted molar refractivity (Wildman–Crippen MR) is 74.5 cm³/mol. The summed E-state index contributed by atoms with van der Waals surface area (Å²) < 4.78 is 0. The SMILES string of the molecule is CCCNc1nc(C)cc(Sc2nccc(=O)[nH]2)n1. The maximum absolute atomic E-state index is 11.2. The van der Waals surface area contributed by atoms with Gasteiger partial charge in [0.05, 0.1) is 0 Å². The Balaban J connectivity index is 2.20. The van der Waals surface area contributed by atoms with Gasteiger partial charge in [0.2, 0.25) is 5.95 Å². The minimum absolute atomic E-state index is 0.174. The van der Waals surface area contributed by atoms with Crippen molar-refractivity contribution in [1.82, 2.24) is 19.9 Å². The summed E-state index contributed by atoms with van der Waals surface area (Å²) in [5.41, 5.74) is 0.696. The lowest BCUT2D eigenvalue weighted by molar-refractivity contribution is 0.911. The van der Waals surface area contributed by atoms with Gasteiger partial charge in [0.25, 0.3) is 5.56 Å². The quantitative estimate of drug-likeness (QED) is 0.641. The van der Waals surface area contributed by atoms with E-state index in [-0.39, 0.29) is 5.56 Å². The Hall–Kier alpha value is -1.89. The van der Waals surface area contributed by atoms with E-state index < -0.39 is 0 Å². The summed E-state index contributed by atoms with van der Waals surface area (Å²) in [5.74, 6) is 0.600. The third-order valence-electron chi connectivity index (χ3n) is 2.21. The van der Waals surface area contributed by atoms with Crippen LogP contribution in [0.4, 0.5) is 5.95 Å². The van der Waals surface area contributed by atoms with E-state index in [2.05, 4.69) is 32.2 Å². The number of aromatic nitrogens is 4. The molecule has 2 N–H and O–H groups in total. The van der Waals surface area contributed by atoms with Crippen molar-refractivity contribution < 1.29 is 0 Å². The third kappa shape index (κ3) is 4.06. The van der Waals surface area contributed by atoms with E-state index in [0.717, 1.165) is 23.7 Å². The summed E-state index contributed by atoms with van der Waals surface area (Å²) >= 11 is 1.31. The molecule has 2 aromatic heterocycles. The van der Waals surface area contributed by atoms with Gasteiger partial charge in [-0.2, -0.15) is 0 Å². The molecule has 0 aliphatic rings. The van der Waals surface area contributed by atoms with Crippen molar-refractivity contribution in [2.24, 2.45) is 0 Å². The first-order valence-corrected chi connectivity index (χ1v) is 6.82. The summed E-state index contributed by atoms with van der Waals surface area (Å²) in [7, 11) is 0. The zero-order valence-electron chi connectivity index (χ0n) is 10.8. The number of H-pyrrole nitrogens is 1. The molecular formula is C12H15N5OS. The van der Waals surface area contributed by atoms with Crippen molar-refractivity contribution in [2.45, 2.75) is 30.5 Å². The van der Waals surface area contributed by atoms with Gasteiger partial charge in [-0.3, -0.25) is 4.79 Å². The van der Waals surface area contributed by atoms with Crippen molar-refractivity contribution in [1.29, 1.82) is 0 Å². The van der Waals surface area contributed by atoms with Gasteiger partial charge in [-0.15, -0.1) is 0 Å². The summed E-state index contributed by atoms with van der Waals surface area (Å²) in [4.78, 5) is 26.6. The molecule has 7 heteroatoms. The van der Waals surface area contributed by atoms with E-state index >= 15 is 0 Å². The van der Waals surface area contributed by atoms with Crippen LogP contribution in [0.1, 0.15) is 19.0 Å². The molecule has 100 valence electrons. The molecule has 2 aromatic rings. The minimum atomic E-state index is -0.174. The standard InChI is InChI=1S/C12H15N5OS/c1-3-5-13-11-15-8(2)7-10(17-11)19-12-14-6-4-9(18)16-12/h4,6-7H,3,5H2,1-2H3,(H,13,15,17)(H,14,16,18). The highest BCUT2D eigenvalue weighted by atomic mass is 32.2. The number of rotatable bonds is 5. The Morgan fingerprint density at radius 1 is 1.42 bits per heavy atom. The molecule has 0 bridgehead atoms. The summed E-state index contributed by atoms with van der Waals surface area (Å²) in [6.07, 6.45) is 2.48. The van der Waals surface area contributed by atoms with Crippen LogP contribution in [0.5, 0.6) is 0 Å². The molecule has 0 aliphatic heterocycles. The van der Waals surface area contributed by atoms with Gasteiger partial charge in [-0.1, -0.05) is 6.92 Å². The van der Waals surface area contributed by atoms with Gasteiger partial charge in [0.1, 0.15) is 5.03 Å². The van der Waals surface area contributed by atoms with Crippen molar-refractivity contribution in [3.8, 4) is 0 Å². The topological polar surface area (TPSA) is 83.6 Å². The lowest BCUT2D eigenvalue weighted by atomic mass is 10.4. The van der Waals surface area contributed by atoms with Gasteiger partial charge in [0.15, 0.2) is 5.16 Å². The minimum Gasteiger partial charge on any atom is -0.354 e. The molecule has 0 saturated carbocycles. The summed E-state index contributed by atoms with van der Waals surface area (Å²) in [6, 6.07) is 3.23.